The molecule has 0 aliphatic rings. The van der Waals surface area contributed by atoms with Crippen molar-refractivity contribution in [2.75, 3.05) is 7.11 Å². The number of nitrogens with two attached hydrogens (primary N) is 1. The van der Waals surface area contributed by atoms with Crippen LogP contribution in [0.4, 0.5) is 0 Å². The molecule has 0 aromatic carbocycles. The topological polar surface area (TPSA) is 68.4 Å². The molecule has 1 aromatic heterocycles. The van der Waals surface area contributed by atoms with Crippen molar-refractivity contribution in [3.63, 3.8) is 0 Å². The Morgan fingerprint density at radius 2 is 2.31 bits per heavy atom. The normalized spacial score (nSPS) is 15.1. The van der Waals surface area contributed by atoms with E-state index in [-0.39, 0.29) is 0 Å². The van der Waals surface area contributed by atoms with Crippen molar-refractivity contribution in [2.45, 2.75) is 19.1 Å². The van der Waals surface area contributed by atoms with Crippen molar-refractivity contribution >= 4 is 0 Å². The van der Waals surface area contributed by atoms with Gasteiger partial charge in [0, 0.05) is 11.8 Å². The largest absolute Gasteiger partial charge is 0.481 e. The second-order valence-corrected chi connectivity index (χ2v) is 2.87. The smallest absolute Gasteiger partial charge is 0.217 e. The van der Waals surface area contributed by atoms with E-state index in [0.717, 1.165) is 5.56 Å². The Morgan fingerprint density at radius 3 is 2.85 bits per heavy atom. The molecule has 0 saturated carbocycles. The first-order chi connectivity index (χ1) is 6.16. The van der Waals surface area contributed by atoms with Gasteiger partial charge < -0.3 is 15.6 Å². The van der Waals surface area contributed by atoms with E-state index in [1.165, 1.54) is 7.11 Å². The second-order valence-electron chi connectivity index (χ2n) is 2.87. The first kappa shape index (κ1) is 9.95. The molecule has 4 heteroatoms. The Hall–Kier alpha value is -1.13. The van der Waals surface area contributed by atoms with Crippen LogP contribution in [0.1, 0.15) is 18.5 Å². The summed E-state index contributed by atoms with van der Waals surface area (Å²) in [6.45, 7) is 1.64. The third-order valence-electron chi connectivity index (χ3n) is 1.87. The van der Waals surface area contributed by atoms with Gasteiger partial charge in [-0.3, -0.25) is 0 Å². The number of hydrogen-bond donors (Lipinski definition) is 2. The lowest BCUT2D eigenvalue weighted by atomic mass is 10.1. The molecular weight excluding hydrogens is 168 g/mol. The van der Waals surface area contributed by atoms with Crippen LogP contribution in [0.3, 0.4) is 0 Å². The summed E-state index contributed by atoms with van der Waals surface area (Å²) < 4.78 is 5.01. The van der Waals surface area contributed by atoms with Crippen LogP contribution in [0, 0.1) is 0 Å². The van der Waals surface area contributed by atoms with Gasteiger partial charge in [-0.05, 0) is 13.0 Å². The van der Waals surface area contributed by atoms with Gasteiger partial charge in [-0.15, -0.1) is 0 Å². The first-order valence-electron chi connectivity index (χ1n) is 4.09. The van der Waals surface area contributed by atoms with E-state index < -0.39 is 12.1 Å². The van der Waals surface area contributed by atoms with E-state index in [4.69, 9.17) is 10.5 Å². The molecule has 0 unspecified atom stereocenters. The lowest BCUT2D eigenvalue weighted by Crippen LogP contribution is -2.23. The van der Waals surface area contributed by atoms with Crippen molar-refractivity contribution in [3.8, 4) is 5.88 Å². The number of pyridine rings is 1. The number of aliphatic hydroxyl groups excluding tert-OH is 1. The van der Waals surface area contributed by atoms with Gasteiger partial charge in [0.2, 0.25) is 5.88 Å². The summed E-state index contributed by atoms with van der Waals surface area (Å²) in [4.78, 5) is 3.99. The number of methoxy groups -OCH3 is 1. The highest BCUT2D eigenvalue weighted by molar-refractivity contribution is 5.29. The Balaban J connectivity index is 2.98. The average Bonchev–Trinajstić information content (AvgIpc) is 2.16. The van der Waals surface area contributed by atoms with Gasteiger partial charge in [-0.2, -0.15) is 0 Å². The molecule has 2 atom stereocenters. The second kappa shape index (κ2) is 4.20. The van der Waals surface area contributed by atoms with Gasteiger partial charge in [0.1, 0.15) is 0 Å². The molecule has 0 fully saturated rings. The van der Waals surface area contributed by atoms with Gasteiger partial charge in [-0.1, -0.05) is 6.07 Å². The summed E-state index contributed by atoms with van der Waals surface area (Å²) in [5.41, 5.74) is 6.47. The molecule has 1 aromatic rings. The zero-order valence-electron chi connectivity index (χ0n) is 7.77. The molecule has 0 radical (unpaired) electrons. The van der Waals surface area contributed by atoms with E-state index in [0.29, 0.717) is 5.88 Å². The highest BCUT2D eigenvalue weighted by atomic mass is 16.5. The number of rotatable bonds is 3. The van der Waals surface area contributed by atoms with Crippen LogP contribution in [0.5, 0.6) is 5.88 Å². The molecule has 3 N–H and O–H groups in total. The standard InChI is InChI=1S/C9H14N2O2/c1-6(12)8(10)7-4-3-5-11-9(7)13-2/h3-6,8,12H,10H2,1-2H3/t6-,8-/m0/s1. The number of aliphatic hydroxyl groups is 1. The van der Waals surface area contributed by atoms with Crippen molar-refractivity contribution in [3.05, 3.63) is 23.9 Å². The van der Waals surface area contributed by atoms with Crippen molar-refractivity contribution in [1.82, 2.24) is 4.98 Å². The van der Waals surface area contributed by atoms with E-state index >= 15 is 0 Å². The summed E-state index contributed by atoms with van der Waals surface area (Å²) in [5.74, 6) is 0.468. The minimum absolute atomic E-state index is 0.455. The van der Waals surface area contributed by atoms with Crippen LogP contribution in [0.25, 0.3) is 0 Å². The van der Waals surface area contributed by atoms with Crippen LogP contribution in [-0.4, -0.2) is 23.3 Å². The summed E-state index contributed by atoms with van der Waals surface area (Å²) in [7, 11) is 1.53. The molecule has 13 heavy (non-hydrogen) atoms. The maximum atomic E-state index is 9.29. The predicted molar refractivity (Wildman–Crippen MR) is 49.4 cm³/mol. The zero-order chi connectivity index (χ0) is 9.84. The van der Waals surface area contributed by atoms with Crippen LogP contribution < -0.4 is 10.5 Å². The molecule has 0 amide bonds. The Bertz CT molecular complexity index is 276. The van der Waals surface area contributed by atoms with Gasteiger partial charge in [0.25, 0.3) is 0 Å². The molecule has 0 spiro atoms. The van der Waals surface area contributed by atoms with E-state index in [1.807, 2.05) is 0 Å². The third kappa shape index (κ3) is 2.17. The molecule has 4 nitrogen and oxygen atoms in total. The van der Waals surface area contributed by atoms with Gasteiger partial charge in [0.05, 0.1) is 19.3 Å². The summed E-state index contributed by atoms with van der Waals surface area (Å²) in [6.07, 6.45) is 1.01. The van der Waals surface area contributed by atoms with E-state index in [9.17, 15) is 5.11 Å². The van der Waals surface area contributed by atoms with Crippen molar-refractivity contribution in [2.24, 2.45) is 5.73 Å². The Labute approximate surface area is 77.4 Å². The van der Waals surface area contributed by atoms with Crippen LogP contribution in [-0.2, 0) is 0 Å². The Morgan fingerprint density at radius 1 is 1.62 bits per heavy atom. The lowest BCUT2D eigenvalue weighted by Gasteiger charge is -2.16. The monoisotopic (exact) mass is 182 g/mol. The van der Waals surface area contributed by atoms with Crippen LogP contribution >= 0.6 is 0 Å². The molecule has 1 rings (SSSR count). The number of aromatic nitrogens is 1. The molecule has 0 bridgehead atoms. The molecular formula is C9H14N2O2. The van der Waals surface area contributed by atoms with Crippen molar-refractivity contribution in [1.29, 1.82) is 0 Å². The minimum Gasteiger partial charge on any atom is -0.481 e. The molecule has 0 aliphatic carbocycles. The van der Waals surface area contributed by atoms with Crippen molar-refractivity contribution < 1.29 is 9.84 Å². The van der Waals surface area contributed by atoms with Crippen LogP contribution in [0.2, 0.25) is 0 Å². The highest BCUT2D eigenvalue weighted by Crippen LogP contribution is 2.22. The SMILES string of the molecule is COc1ncccc1[C@@H](N)[C@H](C)O. The van der Waals surface area contributed by atoms with E-state index in [2.05, 4.69) is 4.98 Å². The predicted octanol–water partition coefficient (Wildman–Crippen LogP) is 0.471. The molecule has 0 aliphatic heterocycles. The van der Waals surface area contributed by atoms with E-state index in [1.54, 1.807) is 25.3 Å². The summed E-state index contributed by atoms with van der Waals surface area (Å²) in [5, 5.41) is 9.29. The first-order valence-corrected chi connectivity index (χ1v) is 4.09. The van der Waals surface area contributed by atoms with Gasteiger partial charge in [-0.25, -0.2) is 4.98 Å². The number of ether oxygens (including phenoxy) is 1. The summed E-state index contributed by atoms with van der Waals surface area (Å²) >= 11 is 0. The molecule has 1 heterocycles. The molecule has 0 saturated heterocycles. The number of hydrogen-bond acceptors (Lipinski definition) is 4. The lowest BCUT2D eigenvalue weighted by molar-refractivity contribution is 0.162. The summed E-state index contributed by atoms with van der Waals surface area (Å²) in [6, 6.07) is 3.10. The fourth-order valence-electron chi connectivity index (χ4n) is 1.09. The maximum absolute atomic E-state index is 9.29. The van der Waals surface area contributed by atoms with Gasteiger partial charge >= 0.3 is 0 Å². The third-order valence-corrected chi connectivity index (χ3v) is 1.87. The number of nitrogens with zero attached hydrogens (tertiary/aromatic N) is 1. The average molecular weight is 182 g/mol. The quantitative estimate of drug-likeness (QED) is 0.713. The maximum Gasteiger partial charge on any atom is 0.217 e. The molecule has 72 valence electrons. The Kier molecular flexibility index (Phi) is 3.22. The van der Waals surface area contributed by atoms with Gasteiger partial charge in [0.15, 0.2) is 0 Å². The fourth-order valence-corrected chi connectivity index (χ4v) is 1.09. The minimum atomic E-state index is -0.613. The highest BCUT2D eigenvalue weighted by Gasteiger charge is 2.16. The fraction of sp³-hybridized carbons (Fsp3) is 0.444. The van der Waals surface area contributed by atoms with Crippen LogP contribution in [0.15, 0.2) is 18.3 Å². The zero-order valence-corrected chi connectivity index (χ0v) is 7.77.